The number of likely N-dealkylation sites (tertiary alicyclic amines) is 1. The van der Waals surface area contributed by atoms with Gasteiger partial charge in [0.25, 0.3) is 0 Å². The molecule has 2 aliphatic rings. The number of nitrogen functional groups attached to an aromatic ring is 1. The van der Waals surface area contributed by atoms with E-state index in [0.29, 0.717) is 18.3 Å². The largest absolute Gasteiger partial charge is 0.486 e. The summed E-state index contributed by atoms with van der Waals surface area (Å²) < 4.78 is 11.4. The van der Waals surface area contributed by atoms with E-state index in [9.17, 15) is 0 Å². The normalized spacial score (nSPS) is 18.5. The lowest BCUT2D eigenvalue weighted by Gasteiger charge is -2.41. The van der Waals surface area contributed by atoms with E-state index < -0.39 is 0 Å². The summed E-state index contributed by atoms with van der Waals surface area (Å²) in [6.45, 7) is 4.19. The van der Waals surface area contributed by atoms with Crippen molar-refractivity contribution in [3.05, 3.63) is 70.7 Å². The number of fused-ring (bicyclic) bond motifs is 1. The van der Waals surface area contributed by atoms with Gasteiger partial charge in [-0.25, -0.2) is 4.98 Å². The minimum atomic E-state index is -0.0569. The molecule has 3 aromatic rings. The second kappa shape index (κ2) is 7.69. The Kier molecular flexibility index (Phi) is 4.89. The second-order valence-electron chi connectivity index (χ2n) is 7.77. The van der Waals surface area contributed by atoms with Gasteiger partial charge in [-0.05, 0) is 49.2 Å². The van der Waals surface area contributed by atoms with Gasteiger partial charge in [-0.15, -0.1) is 11.3 Å². The monoisotopic (exact) mass is 407 g/mol. The molecule has 1 aromatic heterocycles. The zero-order valence-electron chi connectivity index (χ0n) is 16.3. The predicted octanol–water partition coefficient (Wildman–Crippen LogP) is 4.08. The quantitative estimate of drug-likeness (QED) is 0.706. The first-order valence-electron chi connectivity index (χ1n) is 10.1. The number of hydrogen-bond donors (Lipinski definition) is 1. The summed E-state index contributed by atoms with van der Waals surface area (Å²) in [7, 11) is 0. The van der Waals surface area contributed by atoms with Crippen LogP contribution in [0.5, 0.6) is 11.5 Å². The molecule has 0 spiro atoms. The maximum absolute atomic E-state index is 5.98. The third-order valence-corrected chi connectivity index (χ3v) is 6.73. The third kappa shape index (κ3) is 3.58. The fourth-order valence-electron chi connectivity index (χ4n) is 4.49. The lowest BCUT2D eigenvalue weighted by atomic mass is 9.70. The van der Waals surface area contributed by atoms with Crippen molar-refractivity contribution in [1.29, 1.82) is 0 Å². The van der Waals surface area contributed by atoms with E-state index in [1.54, 1.807) is 0 Å². The Morgan fingerprint density at radius 1 is 1.00 bits per heavy atom. The topological polar surface area (TPSA) is 60.6 Å². The highest BCUT2D eigenvalue weighted by atomic mass is 32.1. The van der Waals surface area contributed by atoms with E-state index in [1.807, 2.05) is 6.07 Å². The van der Waals surface area contributed by atoms with Gasteiger partial charge in [0.05, 0.1) is 5.69 Å². The molecule has 0 unspecified atom stereocenters. The number of rotatable bonds is 4. The predicted molar refractivity (Wildman–Crippen MR) is 116 cm³/mol. The molecule has 2 aliphatic heterocycles. The summed E-state index contributed by atoms with van der Waals surface area (Å²) >= 11 is 1.54. The molecule has 1 saturated heterocycles. The Labute approximate surface area is 175 Å². The molecule has 0 aliphatic carbocycles. The maximum Gasteiger partial charge on any atom is 0.180 e. The van der Waals surface area contributed by atoms with Crippen molar-refractivity contribution in [2.45, 2.75) is 24.8 Å². The fraction of sp³-hybridized carbons (Fsp3) is 0.348. The molecule has 2 N–H and O–H groups in total. The molecule has 150 valence electrons. The standard InChI is InChI=1S/C23H25N3O2S/c24-22-25-21(16-29-22)23(18-4-2-1-3-5-18)8-10-26(11-9-23)15-17-6-7-19-20(14-17)28-13-12-27-19/h1-7,14,16H,8-13,15H2,(H2,24,25). The second-order valence-corrected chi connectivity index (χ2v) is 8.66. The molecule has 0 radical (unpaired) electrons. The van der Waals surface area contributed by atoms with E-state index in [1.165, 1.54) is 22.5 Å². The van der Waals surface area contributed by atoms with E-state index in [4.69, 9.17) is 15.2 Å². The van der Waals surface area contributed by atoms with Crippen molar-refractivity contribution < 1.29 is 9.47 Å². The molecule has 0 atom stereocenters. The van der Waals surface area contributed by atoms with Gasteiger partial charge in [0.15, 0.2) is 16.6 Å². The van der Waals surface area contributed by atoms with Gasteiger partial charge < -0.3 is 15.2 Å². The van der Waals surface area contributed by atoms with Crippen LogP contribution in [0, 0.1) is 0 Å². The number of thiazole rings is 1. The first-order valence-corrected chi connectivity index (χ1v) is 11.0. The number of anilines is 1. The highest BCUT2D eigenvalue weighted by molar-refractivity contribution is 7.13. The van der Waals surface area contributed by atoms with Crippen LogP contribution in [0.3, 0.4) is 0 Å². The van der Waals surface area contributed by atoms with Crippen molar-refractivity contribution >= 4 is 16.5 Å². The summed E-state index contributed by atoms with van der Waals surface area (Å²) in [5, 5.41) is 2.78. The lowest BCUT2D eigenvalue weighted by molar-refractivity contribution is 0.165. The molecule has 0 amide bonds. The van der Waals surface area contributed by atoms with Gasteiger partial charge in [0.2, 0.25) is 0 Å². The van der Waals surface area contributed by atoms with E-state index in [2.05, 4.69) is 57.7 Å². The number of aromatic nitrogens is 1. The molecule has 0 saturated carbocycles. The highest BCUT2D eigenvalue weighted by Gasteiger charge is 2.39. The molecule has 3 heterocycles. The summed E-state index contributed by atoms with van der Waals surface area (Å²) in [5.74, 6) is 1.71. The summed E-state index contributed by atoms with van der Waals surface area (Å²) in [6.07, 6.45) is 2.06. The molecular formula is C23H25N3O2S. The van der Waals surface area contributed by atoms with Crippen molar-refractivity contribution in [2.75, 3.05) is 32.0 Å². The number of benzene rings is 2. The van der Waals surface area contributed by atoms with Crippen molar-refractivity contribution in [3.8, 4) is 11.5 Å². The Bertz CT molecular complexity index is 981. The Balaban J connectivity index is 1.34. The van der Waals surface area contributed by atoms with Gasteiger partial charge in [0.1, 0.15) is 13.2 Å². The number of nitrogens with two attached hydrogens (primary N) is 1. The number of piperidine rings is 1. The number of ether oxygens (including phenoxy) is 2. The summed E-state index contributed by atoms with van der Waals surface area (Å²) in [6, 6.07) is 17.1. The number of nitrogens with zero attached hydrogens (tertiary/aromatic N) is 2. The fourth-order valence-corrected chi connectivity index (χ4v) is 5.16. The lowest BCUT2D eigenvalue weighted by Crippen LogP contribution is -2.43. The van der Waals surface area contributed by atoms with Crippen molar-refractivity contribution in [2.24, 2.45) is 0 Å². The minimum absolute atomic E-state index is 0.0569. The number of hydrogen-bond acceptors (Lipinski definition) is 6. The van der Waals surface area contributed by atoms with E-state index >= 15 is 0 Å². The Morgan fingerprint density at radius 2 is 1.76 bits per heavy atom. The molecular weight excluding hydrogens is 382 g/mol. The molecule has 2 aromatic carbocycles. The minimum Gasteiger partial charge on any atom is -0.486 e. The molecule has 5 nitrogen and oxygen atoms in total. The summed E-state index contributed by atoms with van der Waals surface area (Å²) in [4.78, 5) is 7.20. The van der Waals surface area contributed by atoms with Crippen LogP contribution in [0.1, 0.15) is 29.7 Å². The van der Waals surface area contributed by atoms with Crippen LogP contribution < -0.4 is 15.2 Å². The molecule has 5 rings (SSSR count). The van der Waals surface area contributed by atoms with Crippen LogP contribution in [0.4, 0.5) is 5.13 Å². The highest BCUT2D eigenvalue weighted by Crippen LogP contribution is 2.42. The van der Waals surface area contributed by atoms with E-state index in [-0.39, 0.29) is 5.41 Å². The third-order valence-electron chi connectivity index (χ3n) is 6.06. The summed E-state index contributed by atoms with van der Waals surface area (Å²) in [5.41, 5.74) is 9.64. The average molecular weight is 408 g/mol. The van der Waals surface area contributed by atoms with Crippen molar-refractivity contribution in [3.63, 3.8) is 0 Å². The molecule has 1 fully saturated rings. The van der Waals surface area contributed by atoms with Gasteiger partial charge in [-0.1, -0.05) is 36.4 Å². The SMILES string of the molecule is Nc1nc(C2(c3ccccc3)CCN(Cc3ccc4c(c3)OCCO4)CC2)cs1. The zero-order valence-corrected chi connectivity index (χ0v) is 17.2. The molecule has 6 heteroatoms. The molecule has 29 heavy (non-hydrogen) atoms. The van der Waals surface area contributed by atoms with Gasteiger partial charge >= 0.3 is 0 Å². The van der Waals surface area contributed by atoms with Gasteiger partial charge in [0, 0.05) is 17.3 Å². The van der Waals surface area contributed by atoms with Crippen LogP contribution in [0.25, 0.3) is 0 Å². The van der Waals surface area contributed by atoms with Crippen LogP contribution in [-0.2, 0) is 12.0 Å². The smallest absolute Gasteiger partial charge is 0.180 e. The van der Waals surface area contributed by atoms with Crippen LogP contribution >= 0.6 is 11.3 Å². The van der Waals surface area contributed by atoms with Crippen LogP contribution in [-0.4, -0.2) is 36.2 Å². The first-order chi connectivity index (χ1) is 14.2. The zero-order chi connectivity index (χ0) is 19.7. The first kappa shape index (κ1) is 18.5. The van der Waals surface area contributed by atoms with Gasteiger partial charge in [-0.3, -0.25) is 4.90 Å². The maximum atomic E-state index is 5.98. The van der Waals surface area contributed by atoms with Crippen molar-refractivity contribution in [1.82, 2.24) is 9.88 Å². The van der Waals surface area contributed by atoms with Crippen LogP contribution in [0.2, 0.25) is 0 Å². The average Bonchev–Trinajstić information content (AvgIpc) is 3.22. The van der Waals surface area contributed by atoms with Crippen LogP contribution in [0.15, 0.2) is 53.9 Å². The molecule has 0 bridgehead atoms. The van der Waals surface area contributed by atoms with E-state index in [0.717, 1.165) is 49.7 Å². The van der Waals surface area contributed by atoms with Gasteiger partial charge in [-0.2, -0.15) is 0 Å². The Hall–Kier alpha value is -2.57. The Morgan fingerprint density at radius 3 is 2.48 bits per heavy atom.